The van der Waals surface area contributed by atoms with Crippen LogP contribution in [0.2, 0.25) is 5.02 Å². The van der Waals surface area contributed by atoms with Crippen LogP contribution < -0.4 is 10.6 Å². The lowest BCUT2D eigenvalue weighted by atomic mass is 10.0. The van der Waals surface area contributed by atoms with Gasteiger partial charge in [0.05, 0.1) is 30.2 Å². The number of rotatable bonds is 7. The Bertz CT molecular complexity index is 1010. The topological polar surface area (TPSA) is 97.1 Å². The third kappa shape index (κ3) is 4.80. The van der Waals surface area contributed by atoms with E-state index in [4.69, 9.17) is 22.1 Å². The molecular formula is C22H24ClN5O2. The number of aromatic nitrogens is 3. The van der Waals surface area contributed by atoms with E-state index < -0.39 is 5.91 Å². The standard InChI is InChI=1S/C22H24ClN5O2/c23-17-3-1-2-16(12-17)13-19-21(22(24)29)18(26-27-19)6-4-15-5-7-20(25-14-15)28-8-10-30-11-9-28/h1-3,5,7,12,14H,4,6,8-11,13H2,(H2,24,29)(H,26,27). The van der Waals surface area contributed by atoms with Crippen LogP contribution in [0.25, 0.3) is 0 Å². The highest BCUT2D eigenvalue weighted by atomic mass is 35.5. The summed E-state index contributed by atoms with van der Waals surface area (Å²) in [7, 11) is 0. The van der Waals surface area contributed by atoms with Crippen molar-refractivity contribution < 1.29 is 9.53 Å². The number of pyridine rings is 1. The number of aryl methyl sites for hydroxylation is 2. The second kappa shape index (κ2) is 9.28. The summed E-state index contributed by atoms with van der Waals surface area (Å²) in [6.07, 6.45) is 3.72. The molecule has 4 rings (SSSR count). The summed E-state index contributed by atoms with van der Waals surface area (Å²) in [5.41, 5.74) is 9.59. The summed E-state index contributed by atoms with van der Waals surface area (Å²) < 4.78 is 5.38. The summed E-state index contributed by atoms with van der Waals surface area (Å²) in [4.78, 5) is 18.9. The summed E-state index contributed by atoms with van der Waals surface area (Å²) in [5, 5.41) is 8.00. The van der Waals surface area contributed by atoms with Crippen LogP contribution in [-0.2, 0) is 24.0 Å². The minimum absolute atomic E-state index is 0.466. The number of nitrogens with zero attached hydrogens (tertiary/aromatic N) is 3. The van der Waals surface area contributed by atoms with Gasteiger partial charge in [-0.25, -0.2) is 4.98 Å². The van der Waals surface area contributed by atoms with Crippen molar-refractivity contribution in [2.45, 2.75) is 19.3 Å². The first-order chi connectivity index (χ1) is 14.6. The second-order valence-electron chi connectivity index (χ2n) is 7.32. The molecular weight excluding hydrogens is 402 g/mol. The van der Waals surface area contributed by atoms with E-state index in [9.17, 15) is 4.79 Å². The molecule has 0 spiro atoms. The molecule has 0 radical (unpaired) electrons. The maximum atomic E-state index is 12.1. The van der Waals surface area contributed by atoms with Crippen molar-refractivity contribution in [1.82, 2.24) is 15.2 Å². The molecule has 1 aromatic carbocycles. The molecule has 1 saturated heterocycles. The zero-order valence-corrected chi connectivity index (χ0v) is 17.4. The van der Waals surface area contributed by atoms with E-state index in [0.717, 1.165) is 49.7 Å². The first-order valence-corrected chi connectivity index (χ1v) is 10.4. The molecule has 156 valence electrons. The number of hydrogen-bond acceptors (Lipinski definition) is 5. The molecule has 1 amide bonds. The third-order valence-electron chi connectivity index (χ3n) is 5.23. The maximum absolute atomic E-state index is 12.1. The van der Waals surface area contributed by atoms with Gasteiger partial charge in [0.25, 0.3) is 5.91 Å². The van der Waals surface area contributed by atoms with Gasteiger partial charge in [0.15, 0.2) is 0 Å². The Hall–Kier alpha value is -2.90. The molecule has 2 aromatic heterocycles. The number of benzene rings is 1. The smallest absolute Gasteiger partial charge is 0.252 e. The zero-order valence-electron chi connectivity index (χ0n) is 16.6. The quantitative estimate of drug-likeness (QED) is 0.606. The van der Waals surface area contributed by atoms with Gasteiger partial charge >= 0.3 is 0 Å². The molecule has 1 aliphatic rings. The number of hydrogen-bond donors (Lipinski definition) is 2. The molecule has 30 heavy (non-hydrogen) atoms. The Balaban J connectivity index is 1.44. The lowest BCUT2D eigenvalue weighted by Crippen LogP contribution is -2.36. The molecule has 7 nitrogen and oxygen atoms in total. The van der Waals surface area contributed by atoms with Crippen LogP contribution in [0, 0.1) is 0 Å². The SMILES string of the molecule is NC(=O)c1c(CCc2ccc(N3CCOCC3)nc2)n[nH]c1Cc1cccc(Cl)c1. The number of ether oxygens (including phenoxy) is 1. The Morgan fingerprint density at radius 1 is 1.17 bits per heavy atom. The molecule has 1 aliphatic heterocycles. The fourth-order valence-corrected chi connectivity index (χ4v) is 3.89. The fourth-order valence-electron chi connectivity index (χ4n) is 3.68. The van der Waals surface area contributed by atoms with E-state index >= 15 is 0 Å². The number of nitrogens with one attached hydrogen (secondary N) is 1. The lowest BCUT2D eigenvalue weighted by Gasteiger charge is -2.27. The molecule has 3 heterocycles. The van der Waals surface area contributed by atoms with Crippen LogP contribution in [0.1, 0.15) is 32.9 Å². The average Bonchev–Trinajstić information content (AvgIpc) is 3.16. The zero-order chi connectivity index (χ0) is 20.9. The molecule has 0 saturated carbocycles. The van der Waals surface area contributed by atoms with Gasteiger partial charge in [-0.3, -0.25) is 9.89 Å². The molecule has 3 N–H and O–H groups in total. The van der Waals surface area contributed by atoms with Crippen LogP contribution in [0.3, 0.4) is 0 Å². The number of aromatic amines is 1. The summed E-state index contributed by atoms with van der Waals surface area (Å²) in [5.74, 6) is 0.486. The van der Waals surface area contributed by atoms with Crippen molar-refractivity contribution in [1.29, 1.82) is 0 Å². The minimum atomic E-state index is -0.475. The highest BCUT2D eigenvalue weighted by Crippen LogP contribution is 2.20. The molecule has 0 bridgehead atoms. The first kappa shape index (κ1) is 20.4. The highest BCUT2D eigenvalue weighted by Gasteiger charge is 2.19. The Morgan fingerprint density at radius 2 is 2.00 bits per heavy atom. The van der Waals surface area contributed by atoms with E-state index in [2.05, 4.69) is 26.1 Å². The Kier molecular flexibility index (Phi) is 6.30. The van der Waals surface area contributed by atoms with Crippen LogP contribution >= 0.6 is 11.6 Å². The second-order valence-corrected chi connectivity index (χ2v) is 7.76. The van der Waals surface area contributed by atoms with Crippen molar-refractivity contribution in [3.05, 3.63) is 75.7 Å². The van der Waals surface area contributed by atoms with Gasteiger partial charge in [-0.05, 0) is 42.2 Å². The number of amides is 1. The number of primary amides is 1. The van der Waals surface area contributed by atoms with E-state index in [1.54, 1.807) is 0 Å². The van der Waals surface area contributed by atoms with Gasteiger partial charge in [0.2, 0.25) is 0 Å². The number of carbonyl (C=O) groups is 1. The molecule has 0 atom stereocenters. The summed E-state index contributed by atoms with van der Waals surface area (Å²) >= 11 is 6.06. The highest BCUT2D eigenvalue weighted by molar-refractivity contribution is 6.30. The predicted octanol–water partition coefficient (Wildman–Crippen LogP) is 2.77. The van der Waals surface area contributed by atoms with E-state index in [1.807, 2.05) is 36.5 Å². The molecule has 0 aliphatic carbocycles. The third-order valence-corrected chi connectivity index (χ3v) is 5.46. The predicted molar refractivity (Wildman–Crippen MR) is 116 cm³/mol. The number of halogens is 1. The summed E-state index contributed by atoms with van der Waals surface area (Å²) in [6, 6.07) is 11.6. The van der Waals surface area contributed by atoms with Gasteiger partial charge in [-0.2, -0.15) is 5.10 Å². The monoisotopic (exact) mass is 425 g/mol. The number of morpholine rings is 1. The average molecular weight is 426 g/mol. The van der Waals surface area contributed by atoms with Gasteiger partial charge in [0, 0.05) is 30.7 Å². The summed E-state index contributed by atoms with van der Waals surface area (Å²) in [6.45, 7) is 3.18. The van der Waals surface area contributed by atoms with Crippen LogP contribution in [-0.4, -0.2) is 47.4 Å². The van der Waals surface area contributed by atoms with E-state index in [0.29, 0.717) is 34.8 Å². The molecule has 0 unspecified atom stereocenters. The number of nitrogens with two attached hydrogens (primary N) is 1. The maximum Gasteiger partial charge on any atom is 0.252 e. The molecule has 1 fully saturated rings. The Morgan fingerprint density at radius 3 is 2.70 bits per heavy atom. The van der Waals surface area contributed by atoms with Crippen LogP contribution in [0.5, 0.6) is 0 Å². The van der Waals surface area contributed by atoms with Gasteiger partial charge in [-0.1, -0.05) is 29.8 Å². The normalized spacial score (nSPS) is 14.1. The number of carbonyl (C=O) groups excluding carboxylic acids is 1. The van der Waals surface area contributed by atoms with Crippen molar-refractivity contribution in [3.8, 4) is 0 Å². The molecule has 3 aromatic rings. The lowest BCUT2D eigenvalue weighted by molar-refractivity contribution is 0.0998. The van der Waals surface area contributed by atoms with Crippen LogP contribution in [0.15, 0.2) is 42.6 Å². The van der Waals surface area contributed by atoms with E-state index in [-0.39, 0.29) is 0 Å². The largest absolute Gasteiger partial charge is 0.378 e. The Labute approximate surface area is 180 Å². The number of H-pyrrole nitrogens is 1. The van der Waals surface area contributed by atoms with Gasteiger partial charge in [0.1, 0.15) is 5.82 Å². The molecule has 8 heteroatoms. The van der Waals surface area contributed by atoms with E-state index in [1.165, 1.54) is 0 Å². The van der Waals surface area contributed by atoms with Gasteiger partial charge < -0.3 is 15.4 Å². The minimum Gasteiger partial charge on any atom is -0.378 e. The van der Waals surface area contributed by atoms with Crippen molar-refractivity contribution >= 4 is 23.3 Å². The fraction of sp³-hybridized carbons (Fsp3) is 0.318. The number of anilines is 1. The first-order valence-electron chi connectivity index (χ1n) is 9.98. The van der Waals surface area contributed by atoms with Crippen LogP contribution in [0.4, 0.5) is 5.82 Å². The van der Waals surface area contributed by atoms with Crippen molar-refractivity contribution in [2.24, 2.45) is 5.73 Å². The van der Waals surface area contributed by atoms with Gasteiger partial charge in [-0.15, -0.1) is 0 Å². The van der Waals surface area contributed by atoms with Crippen molar-refractivity contribution in [2.75, 3.05) is 31.2 Å². The van der Waals surface area contributed by atoms with Crippen molar-refractivity contribution in [3.63, 3.8) is 0 Å².